The molecule has 2 aromatic rings. The molecule has 2 unspecified atom stereocenters. The van der Waals surface area contributed by atoms with E-state index in [0.29, 0.717) is 16.9 Å². The maximum Gasteiger partial charge on any atom is 0.167 e. The van der Waals surface area contributed by atoms with E-state index >= 15 is 0 Å². The third kappa shape index (κ3) is 2.06. The van der Waals surface area contributed by atoms with E-state index in [1.54, 1.807) is 6.33 Å². The van der Waals surface area contributed by atoms with Crippen LogP contribution in [0.3, 0.4) is 0 Å². The Hall–Kier alpha value is -1.77. The zero-order chi connectivity index (χ0) is 16.3. The summed E-state index contributed by atoms with van der Waals surface area (Å²) in [6.45, 7) is 4.64. The van der Waals surface area contributed by atoms with Crippen LogP contribution < -0.4 is 5.73 Å². The number of ether oxygens (including phenoxy) is 1. The van der Waals surface area contributed by atoms with Gasteiger partial charge in [-0.05, 0) is 26.3 Å². The topological polar surface area (TPSA) is 85.3 Å². The van der Waals surface area contributed by atoms with Crippen molar-refractivity contribution < 1.29 is 4.74 Å². The summed E-state index contributed by atoms with van der Waals surface area (Å²) in [4.78, 5) is 17.7. The molecule has 0 amide bonds. The largest absolute Gasteiger partial charge is 0.382 e. The lowest BCUT2D eigenvalue weighted by atomic mass is 9.78. The molecule has 0 bridgehead atoms. The van der Waals surface area contributed by atoms with E-state index in [4.69, 9.17) is 10.5 Å². The normalized spacial score (nSPS) is 29.9. The number of nitrogen functional groups attached to an aromatic ring is 1. The molecular weight excluding hydrogens is 306 g/mol. The predicted molar refractivity (Wildman–Crippen MR) is 89.3 cm³/mol. The van der Waals surface area contributed by atoms with E-state index in [1.807, 2.05) is 4.57 Å². The smallest absolute Gasteiger partial charge is 0.167 e. The third-order valence-electron chi connectivity index (χ3n) is 6.00. The van der Waals surface area contributed by atoms with E-state index < -0.39 is 0 Å². The Morgan fingerprint density at radius 1 is 1.29 bits per heavy atom. The fourth-order valence-corrected chi connectivity index (χ4v) is 4.36. The van der Waals surface area contributed by atoms with Gasteiger partial charge >= 0.3 is 0 Å². The van der Waals surface area contributed by atoms with Gasteiger partial charge in [-0.3, -0.25) is 14.4 Å². The van der Waals surface area contributed by atoms with Gasteiger partial charge in [0.25, 0.3) is 0 Å². The Balaban J connectivity index is 1.23. The molecule has 3 aliphatic rings. The Bertz CT molecular complexity index is 769. The molecule has 0 radical (unpaired) electrons. The summed E-state index contributed by atoms with van der Waals surface area (Å²) in [6.07, 6.45) is 6.94. The van der Waals surface area contributed by atoms with Crippen LogP contribution in [0.25, 0.3) is 11.2 Å². The van der Waals surface area contributed by atoms with Crippen molar-refractivity contribution in [2.75, 3.05) is 39.0 Å². The predicted octanol–water partition coefficient (Wildman–Crippen LogP) is 0.476. The van der Waals surface area contributed by atoms with Crippen LogP contribution in [0.5, 0.6) is 0 Å². The summed E-state index contributed by atoms with van der Waals surface area (Å²) in [6, 6.07) is 0. The van der Waals surface area contributed by atoms with Gasteiger partial charge in [0.2, 0.25) is 0 Å². The summed E-state index contributed by atoms with van der Waals surface area (Å²) < 4.78 is 8.26. The molecule has 128 valence electrons. The summed E-state index contributed by atoms with van der Waals surface area (Å²) >= 11 is 0. The number of nitrogens with zero attached hydrogens (tertiary/aromatic N) is 6. The van der Waals surface area contributed by atoms with E-state index in [9.17, 15) is 0 Å². The number of aromatic nitrogens is 4. The number of imidazole rings is 1. The van der Waals surface area contributed by atoms with Crippen molar-refractivity contribution in [1.82, 2.24) is 29.3 Å². The van der Waals surface area contributed by atoms with Crippen molar-refractivity contribution in [2.45, 2.75) is 37.1 Å². The van der Waals surface area contributed by atoms with Gasteiger partial charge in [-0.2, -0.15) is 0 Å². The van der Waals surface area contributed by atoms with Crippen LogP contribution in [0.4, 0.5) is 5.82 Å². The number of hydrogen-bond acceptors (Lipinski definition) is 7. The minimum Gasteiger partial charge on any atom is -0.382 e. The molecule has 0 saturated carbocycles. The lowest BCUT2D eigenvalue weighted by molar-refractivity contribution is -0.124. The summed E-state index contributed by atoms with van der Waals surface area (Å²) in [5.41, 5.74) is 7.75. The standard InChI is InChI=1S/C16H23N7O/c1-21-5-4-16(21)7-22(8-16)6-11-2-3-12(24-11)23-10-20-13-14(17)18-9-19-15(13)23/h9-12H,2-8H2,1H3,(H2,17,18,19). The molecule has 1 spiro atoms. The highest BCUT2D eigenvalue weighted by Crippen LogP contribution is 2.39. The molecule has 0 aliphatic carbocycles. The van der Waals surface area contributed by atoms with Crippen LogP contribution in [0.15, 0.2) is 12.7 Å². The van der Waals surface area contributed by atoms with Crippen LogP contribution in [0.1, 0.15) is 25.5 Å². The van der Waals surface area contributed by atoms with Gasteiger partial charge in [0.05, 0.1) is 12.4 Å². The minimum atomic E-state index is -0.00378. The maximum absolute atomic E-state index is 6.27. The molecule has 24 heavy (non-hydrogen) atoms. The molecular formula is C16H23N7O. The van der Waals surface area contributed by atoms with Crippen LogP contribution in [0, 0.1) is 0 Å². The molecule has 5 heterocycles. The van der Waals surface area contributed by atoms with E-state index in [-0.39, 0.29) is 12.3 Å². The third-order valence-corrected chi connectivity index (χ3v) is 6.00. The molecule has 8 heteroatoms. The minimum absolute atomic E-state index is 0.00378. The zero-order valence-corrected chi connectivity index (χ0v) is 13.9. The summed E-state index contributed by atoms with van der Waals surface area (Å²) in [7, 11) is 2.24. The quantitative estimate of drug-likeness (QED) is 0.876. The molecule has 3 aliphatic heterocycles. The van der Waals surface area contributed by atoms with Crippen molar-refractivity contribution in [3.05, 3.63) is 12.7 Å². The van der Waals surface area contributed by atoms with Crippen LogP contribution in [-0.2, 0) is 4.74 Å². The van der Waals surface area contributed by atoms with Gasteiger partial charge < -0.3 is 10.5 Å². The van der Waals surface area contributed by atoms with Gasteiger partial charge in [0, 0.05) is 31.7 Å². The maximum atomic E-state index is 6.27. The first-order valence-electron chi connectivity index (χ1n) is 8.67. The highest BCUT2D eigenvalue weighted by molar-refractivity contribution is 5.81. The highest BCUT2D eigenvalue weighted by atomic mass is 16.5. The lowest BCUT2D eigenvalue weighted by Crippen LogP contribution is -2.76. The number of anilines is 1. The number of likely N-dealkylation sites (tertiary alicyclic amines) is 2. The number of fused-ring (bicyclic) bond motifs is 1. The van der Waals surface area contributed by atoms with Crippen molar-refractivity contribution in [1.29, 1.82) is 0 Å². The monoisotopic (exact) mass is 329 g/mol. The highest BCUT2D eigenvalue weighted by Gasteiger charge is 2.51. The van der Waals surface area contributed by atoms with Crippen LogP contribution >= 0.6 is 0 Å². The summed E-state index contributed by atoms with van der Waals surface area (Å²) in [5, 5.41) is 0. The molecule has 2 N–H and O–H groups in total. The number of hydrogen-bond donors (Lipinski definition) is 1. The van der Waals surface area contributed by atoms with Crippen molar-refractivity contribution in [2.24, 2.45) is 0 Å². The SMILES string of the molecule is CN1CCC12CN(CC1CCC(n3cnc4c(N)ncnc43)O1)C2. The van der Waals surface area contributed by atoms with Crippen molar-refractivity contribution in [3.8, 4) is 0 Å². The molecule has 8 nitrogen and oxygen atoms in total. The van der Waals surface area contributed by atoms with Crippen molar-refractivity contribution >= 4 is 17.0 Å². The van der Waals surface area contributed by atoms with Gasteiger partial charge in [0.15, 0.2) is 11.5 Å². The molecule has 2 aromatic heterocycles. The molecule has 0 aromatic carbocycles. The van der Waals surface area contributed by atoms with Gasteiger partial charge in [0.1, 0.15) is 18.1 Å². The number of likely N-dealkylation sites (N-methyl/N-ethyl adjacent to an activating group) is 1. The van der Waals surface area contributed by atoms with E-state index in [1.165, 1.54) is 32.4 Å². The second-order valence-corrected chi connectivity index (χ2v) is 7.44. The van der Waals surface area contributed by atoms with E-state index in [2.05, 4.69) is 31.8 Å². The van der Waals surface area contributed by atoms with Crippen LogP contribution in [0.2, 0.25) is 0 Å². The molecule has 3 fully saturated rings. The number of rotatable bonds is 3. The Morgan fingerprint density at radius 3 is 2.92 bits per heavy atom. The second kappa shape index (κ2) is 5.11. The average Bonchev–Trinajstić information content (AvgIpc) is 3.15. The first-order chi connectivity index (χ1) is 11.6. The Morgan fingerprint density at radius 2 is 2.17 bits per heavy atom. The summed E-state index contributed by atoms with van der Waals surface area (Å²) in [5.74, 6) is 0.420. The zero-order valence-electron chi connectivity index (χ0n) is 13.9. The number of nitrogens with two attached hydrogens (primary N) is 1. The fraction of sp³-hybridized carbons (Fsp3) is 0.688. The first-order valence-corrected chi connectivity index (χ1v) is 8.67. The second-order valence-electron chi connectivity index (χ2n) is 7.44. The van der Waals surface area contributed by atoms with E-state index in [0.717, 1.165) is 25.0 Å². The molecule has 5 rings (SSSR count). The van der Waals surface area contributed by atoms with Gasteiger partial charge in [-0.1, -0.05) is 0 Å². The first kappa shape index (κ1) is 14.6. The Labute approximate surface area is 140 Å². The molecule has 3 saturated heterocycles. The fourth-order valence-electron chi connectivity index (χ4n) is 4.36. The average molecular weight is 329 g/mol. The molecule has 2 atom stereocenters. The van der Waals surface area contributed by atoms with Crippen molar-refractivity contribution in [3.63, 3.8) is 0 Å². The van der Waals surface area contributed by atoms with Gasteiger partial charge in [-0.15, -0.1) is 0 Å². The van der Waals surface area contributed by atoms with Gasteiger partial charge in [-0.25, -0.2) is 15.0 Å². The lowest BCUT2D eigenvalue weighted by Gasteiger charge is -2.62. The Kier molecular flexibility index (Phi) is 3.10. The van der Waals surface area contributed by atoms with Crippen LogP contribution in [-0.4, -0.2) is 74.2 Å².